The molecule has 1 aromatic rings. The van der Waals surface area contributed by atoms with Crippen LogP contribution < -0.4 is 16.8 Å². The number of carbonyl (C=O) groups excluding carboxylic acids is 2. The predicted molar refractivity (Wildman–Crippen MR) is 57.0 cm³/mol. The van der Waals surface area contributed by atoms with Gasteiger partial charge >= 0.3 is 0 Å². The van der Waals surface area contributed by atoms with E-state index in [-0.39, 0.29) is 12.3 Å². The van der Waals surface area contributed by atoms with E-state index in [0.717, 1.165) is 0 Å². The summed E-state index contributed by atoms with van der Waals surface area (Å²) in [6.07, 6.45) is 3.30. The largest absolute Gasteiger partial charge is 0.370 e. The molecule has 1 rings (SSSR count). The van der Waals surface area contributed by atoms with Crippen molar-refractivity contribution in [1.82, 2.24) is 15.1 Å². The molecule has 2 amide bonds. The zero-order valence-corrected chi connectivity index (χ0v) is 8.80. The van der Waals surface area contributed by atoms with Crippen LogP contribution in [0.25, 0.3) is 0 Å². The lowest BCUT2D eigenvalue weighted by atomic mass is 10.2. The number of nitrogens with zero attached hydrogens (tertiary/aromatic N) is 2. The molecule has 1 heterocycles. The van der Waals surface area contributed by atoms with E-state index >= 15 is 0 Å². The van der Waals surface area contributed by atoms with Crippen molar-refractivity contribution in [3.63, 3.8) is 0 Å². The third-order valence-corrected chi connectivity index (χ3v) is 1.96. The van der Waals surface area contributed by atoms with Crippen LogP contribution in [0.2, 0.25) is 0 Å². The number of primary amides is 1. The maximum Gasteiger partial charge on any atom is 0.237 e. The Morgan fingerprint density at radius 2 is 2.25 bits per heavy atom. The Labute approximate surface area is 92.8 Å². The minimum Gasteiger partial charge on any atom is -0.370 e. The van der Waals surface area contributed by atoms with Gasteiger partial charge in [0.2, 0.25) is 11.8 Å². The number of carbonyl (C=O) groups is 2. The van der Waals surface area contributed by atoms with Crippen LogP contribution in [0.15, 0.2) is 18.5 Å². The second kappa shape index (κ2) is 5.86. The molecule has 0 aliphatic rings. The van der Waals surface area contributed by atoms with E-state index in [1.807, 2.05) is 0 Å². The van der Waals surface area contributed by atoms with Crippen LogP contribution in [0.4, 0.5) is 0 Å². The number of rotatable bonds is 6. The van der Waals surface area contributed by atoms with E-state index in [9.17, 15) is 9.59 Å². The quantitative estimate of drug-likeness (QED) is 0.529. The Hall–Kier alpha value is -1.89. The van der Waals surface area contributed by atoms with E-state index in [4.69, 9.17) is 11.5 Å². The van der Waals surface area contributed by atoms with Crippen molar-refractivity contribution in [3.05, 3.63) is 18.5 Å². The summed E-state index contributed by atoms with van der Waals surface area (Å²) < 4.78 is 1.68. The maximum absolute atomic E-state index is 11.3. The summed E-state index contributed by atoms with van der Waals surface area (Å²) in [5.74, 6) is -0.972. The molecule has 5 N–H and O–H groups in total. The minimum absolute atomic E-state index is 0.145. The van der Waals surface area contributed by atoms with E-state index in [0.29, 0.717) is 13.1 Å². The number of hydrogen-bond acceptors (Lipinski definition) is 4. The van der Waals surface area contributed by atoms with Gasteiger partial charge in [-0.3, -0.25) is 14.3 Å². The summed E-state index contributed by atoms with van der Waals surface area (Å²) in [6, 6.07) is 0.913. The molecule has 1 aromatic heterocycles. The van der Waals surface area contributed by atoms with Gasteiger partial charge in [-0.05, 0) is 6.07 Å². The van der Waals surface area contributed by atoms with Gasteiger partial charge in [-0.25, -0.2) is 0 Å². The van der Waals surface area contributed by atoms with Crippen LogP contribution >= 0.6 is 0 Å². The fourth-order valence-electron chi connectivity index (χ4n) is 1.17. The molecule has 0 aliphatic carbocycles. The highest BCUT2D eigenvalue weighted by Crippen LogP contribution is 1.87. The van der Waals surface area contributed by atoms with Crippen LogP contribution in [0, 0.1) is 0 Å². The lowest BCUT2D eigenvalue weighted by molar-refractivity contribution is -0.126. The third-order valence-electron chi connectivity index (χ3n) is 1.96. The Morgan fingerprint density at radius 1 is 1.50 bits per heavy atom. The molecule has 0 radical (unpaired) electrons. The molecule has 1 atom stereocenters. The van der Waals surface area contributed by atoms with Gasteiger partial charge in [0, 0.05) is 18.9 Å². The molecule has 0 fully saturated rings. The van der Waals surface area contributed by atoms with Crippen molar-refractivity contribution >= 4 is 11.8 Å². The first-order valence-electron chi connectivity index (χ1n) is 4.88. The maximum atomic E-state index is 11.3. The Kier molecular flexibility index (Phi) is 4.46. The van der Waals surface area contributed by atoms with Crippen molar-refractivity contribution in [2.24, 2.45) is 11.5 Å². The van der Waals surface area contributed by atoms with Crippen LogP contribution in [-0.4, -0.2) is 34.2 Å². The Morgan fingerprint density at radius 3 is 2.81 bits per heavy atom. The minimum atomic E-state index is -0.880. The average molecular weight is 225 g/mol. The first-order chi connectivity index (χ1) is 7.59. The van der Waals surface area contributed by atoms with Gasteiger partial charge < -0.3 is 16.8 Å². The van der Waals surface area contributed by atoms with E-state index < -0.39 is 11.9 Å². The summed E-state index contributed by atoms with van der Waals surface area (Å²) >= 11 is 0. The molecule has 7 nitrogen and oxygen atoms in total. The van der Waals surface area contributed by atoms with Gasteiger partial charge in [0.1, 0.15) is 0 Å². The summed E-state index contributed by atoms with van der Waals surface area (Å²) in [5, 5.41) is 6.56. The molecular weight excluding hydrogens is 210 g/mol. The molecule has 16 heavy (non-hydrogen) atoms. The number of amides is 2. The second-order valence-corrected chi connectivity index (χ2v) is 3.34. The Balaban J connectivity index is 2.22. The lowest BCUT2D eigenvalue weighted by Crippen LogP contribution is -2.43. The first-order valence-corrected chi connectivity index (χ1v) is 4.88. The topological polar surface area (TPSA) is 116 Å². The first kappa shape index (κ1) is 12.2. The zero-order valence-electron chi connectivity index (χ0n) is 8.80. The third kappa shape index (κ3) is 4.09. The summed E-state index contributed by atoms with van der Waals surface area (Å²) in [6.45, 7) is 0.967. The summed E-state index contributed by atoms with van der Waals surface area (Å²) in [5.41, 5.74) is 10.4. The molecule has 0 aromatic carbocycles. The van der Waals surface area contributed by atoms with Crippen LogP contribution in [0.1, 0.15) is 6.42 Å². The average Bonchev–Trinajstić information content (AvgIpc) is 2.69. The predicted octanol–water partition coefficient (Wildman–Crippen LogP) is -1.80. The van der Waals surface area contributed by atoms with Crippen LogP contribution in [0.5, 0.6) is 0 Å². The van der Waals surface area contributed by atoms with Gasteiger partial charge in [0.15, 0.2) is 0 Å². The zero-order chi connectivity index (χ0) is 12.0. The standard InChI is InChI=1S/C9H15N5O2/c10-7(6-8(11)15)9(16)12-3-5-14-4-1-2-13-14/h1-2,4,7H,3,5-6,10H2,(H2,11,15)(H,12,16)/t7-/m1/s1. The van der Waals surface area contributed by atoms with Crippen molar-refractivity contribution in [3.8, 4) is 0 Å². The molecular formula is C9H15N5O2. The van der Waals surface area contributed by atoms with Gasteiger partial charge in [0.05, 0.1) is 19.0 Å². The number of nitrogens with two attached hydrogens (primary N) is 2. The lowest BCUT2D eigenvalue weighted by Gasteiger charge is -2.10. The molecule has 0 unspecified atom stereocenters. The molecule has 7 heteroatoms. The molecule has 0 aliphatic heterocycles. The summed E-state index contributed by atoms with van der Waals surface area (Å²) in [4.78, 5) is 21.9. The Bertz CT molecular complexity index is 349. The normalized spacial score (nSPS) is 12.1. The fourth-order valence-corrected chi connectivity index (χ4v) is 1.17. The van der Waals surface area contributed by atoms with E-state index in [1.165, 1.54) is 0 Å². The van der Waals surface area contributed by atoms with Gasteiger partial charge in [0.25, 0.3) is 0 Å². The molecule has 0 saturated heterocycles. The molecule has 88 valence electrons. The van der Waals surface area contributed by atoms with Crippen molar-refractivity contribution in [2.75, 3.05) is 6.54 Å². The molecule has 0 bridgehead atoms. The monoisotopic (exact) mass is 225 g/mol. The highest BCUT2D eigenvalue weighted by molar-refractivity contribution is 5.87. The molecule has 0 saturated carbocycles. The summed E-state index contributed by atoms with van der Waals surface area (Å²) in [7, 11) is 0. The van der Waals surface area contributed by atoms with Crippen molar-refractivity contribution in [2.45, 2.75) is 19.0 Å². The number of hydrogen-bond donors (Lipinski definition) is 3. The smallest absolute Gasteiger partial charge is 0.237 e. The van der Waals surface area contributed by atoms with E-state index in [2.05, 4.69) is 10.4 Å². The van der Waals surface area contributed by atoms with Crippen molar-refractivity contribution in [1.29, 1.82) is 0 Å². The van der Waals surface area contributed by atoms with Gasteiger partial charge in [-0.1, -0.05) is 0 Å². The van der Waals surface area contributed by atoms with Crippen molar-refractivity contribution < 1.29 is 9.59 Å². The van der Waals surface area contributed by atoms with E-state index in [1.54, 1.807) is 23.1 Å². The van der Waals surface area contributed by atoms with Gasteiger partial charge in [-0.2, -0.15) is 5.10 Å². The SMILES string of the molecule is NC(=O)C[C@@H](N)C(=O)NCCn1cccn1. The van der Waals surface area contributed by atoms with Crippen LogP contribution in [-0.2, 0) is 16.1 Å². The van der Waals surface area contributed by atoms with Gasteiger partial charge in [-0.15, -0.1) is 0 Å². The highest BCUT2D eigenvalue weighted by atomic mass is 16.2. The fraction of sp³-hybridized carbons (Fsp3) is 0.444. The number of aromatic nitrogens is 2. The second-order valence-electron chi connectivity index (χ2n) is 3.34. The molecule has 0 spiro atoms. The number of nitrogens with one attached hydrogen (secondary N) is 1. The highest BCUT2D eigenvalue weighted by Gasteiger charge is 2.14. The van der Waals surface area contributed by atoms with Crippen LogP contribution in [0.3, 0.4) is 0 Å².